The summed E-state index contributed by atoms with van der Waals surface area (Å²) in [5.41, 5.74) is 0.578. The summed E-state index contributed by atoms with van der Waals surface area (Å²) in [6.07, 6.45) is 2.61. The largest absolute Gasteiger partial charge is 0.508 e. The quantitative estimate of drug-likeness (QED) is 0.391. The van der Waals surface area contributed by atoms with Crippen LogP contribution >= 0.6 is 0 Å². The standard InChI is InChI=1S/C15H12O5/c16-11-4-1-9(14(19)8-11)2-5-12(17)10-3-6-13(18)15(20)7-10/h1-8,16,18-20H/b5-2+. The van der Waals surface area contributed by atoms with Gasteiger partial charge in [0.05, 0.1) is 0 Å². The number of benzene rings is 2. The SMILES string of the molecule is O=C(/C=C/c1ccc(O)cc1O)c1ccc(O)c(O)c1. The van der Waals surface area contributed by atoms with Crippen LogP contribution < -0.4 is 0 Å². The lowest BCUT2D eigenvalue weighted by atomic mass is 10.1. The summed E-state index contributed by atoms with van der Waals surface area (Å²) in [5, 5.41) is 37.2. The van der Waals surface area contributed by atoms with Crippen molar-refractivity contribution in [3.05, 3.63) is 53.6 Å². The fraction of sp³-hybridized carbons (Fsp3) is 0. The van der Waals surface area contributed by atoms with E-state index in [1.807, 2.05) is 0 Å². The molecule has 20 heavy (non-hydrogen) atoms. The predicted molar refractivity (Wildman–Crippen MR) is 72.9 cm³/mol. The van der Waals surface area contributed by atoms with E-state index in [0.717, 1.165) is 12.1 Å². The van der Waals surface area contributed by atoms with Crippen LogP contribution in [0.4, 0.5) is 0 Å². The number of hydrogen-bond acceptors (Lipinski definition) is 5. The van der Waals surface area contributed by atoms with Gasteiger partial charge in [0.2, 0.25) is 0 Å². The van der Waals surface area contributed by atoms with Crippen molar-refractivity contribution < 1.29 is 25.2 Å². The lowest BCUT2D eigenvalue weighted by Crippen LogP contribution is -1.93. The number of carbonyl (C=O) groups excluding carboxylic acids is 1. The van der Waals surface area contributed by atoms with Crippen molar-refractivity contribution in [2.24, 2.45) is 0 Å². The Morgan fingerprint density at radius 2 is 1.60 bits per heavy atom. The highest BCUT2D eigenvalue weighted by Gasteiger charge is 2.06. The first-order valence-corrected chi connectivity index (χ1v) is 5.74. The van der Waals surface area contributed by atoms with Crippen molar-refractivity contribution in [2.45, 2.75) is 0 Å². The number of rotatable bonds is 3. The van der Waals surface area contributed by atoms with Crippen LogP contribution in [0.15, 0.2) is 42.5 Å². The minimum Gasteiger partial charge on any atom is -0.508 e. The number of phenols is 4. The van der Waals surface area contributed by atoms with Gasteiger partial charge < -0.3 is 20.4 Å². The van der Waals surface area contributed by atoms with E-state index < -0.39 is 5.78 Å². The van der Waals surface area contributed by atoms with E-state index in [9.17, 15) is 15.0 Å². The number of hydrogen-bond donors (Lipinski definition) is 4. The molecule has 0 aromatic heterocycles. The molecule has 0 atom stereocenters. The smallest absolute Gasteiger partial charge is 0.185 e. The van der Waals surface area contributed by atoms with Crippen LogP contribution in [0, 0.1) is 0 Å². The molecule has 0 unspecified atom stereocenters. The van der Waals surface area contributed by atoms with Gasteiger partial charge in [0.15, 0.2) is 17.3 Å². The van der Waals surface area contributed by atoms with E-state index in [2.05, 4.69) is 0 Å². The molecule has 0 amide bonds. The number of allylic oxidation sites excluding steroid dienone is 1. The molecule has 0 bridgehead atoms. The van der Waals surface area contributed by atoms with Crippen LogP contribution in [0.3, 0.4) is 0 Å². The third-order valence-electron chi connectivity index (χ3n) is 2.69. The predicted octanol–water partition coefficient (Wildman–Crippen LogP) is 2.41. The molecule has 0 radical (unpaired) electrons. The molecule has 2 aromatic rings. The van der Waals surface area contributed by atoms with Crippen LogP contribution in [-0.4, -0.2) is 26.2 Å². The van der Waals surface area contributed by atoms with E-state index in [1.165, 1.54) is 36.4 Å². The van der Waals surface area contributed by atoms with Gasteiger partial charge in [0.25, 0.3) is 0 Å². The van der Waals surface area contributed by atoms with Gasteiger partial charge in [-0.05, 0) is 42.5 Å². The molecule has 0 heterocycles. The van der Waals surface area contributed by atoms with Crippen LogP contribution in [-0.2, 0) is 0 Å². The molecule has 5 heteroatoms. The van der Waals surface area contributed by atoms with Crippen molar-refractivity contribution >= 4 is 11.9 Å². The maximum atomic E-state index is 11.8. The van der Waals surface area contributed by atoms with Crippen LogP contribution in [0.25, 0.3) is 6.08 Å². The van der Waals surface area contributed by atoms with Crippen LogP contribution in [0.5, 0.6) is 23.0 Å². The lowest BCUT2D eigenvalue weighted by molar-refractivity contribution is 0.104. The summed E-state index contributed by atoms with van der Waals surface area (Å²) in [4.78, 5) is 11.8. The second-order valence-electron chi connectivity index (χ2n) is 4.14. The normalized spacial score (nSPS) is 10.8. The van der Waals surface area contributed by atoms with Crippen molar-refractivity contribution in [1.82, 2.24) is 0 Å². The molecule has 0 aliphatic heterocycles. The highest BCUT2D eigenvalue weighted by molar-refractivity contribution is 6.07. The second-order valence-corrected chi connectivity index (χ2v) is 4.14. The molecule has 2 aromatic carbocycles. The van der Waals surface area contributed by atoms with E-state index in [4.69, 9.17) is 10.2 Å². The molecule has 0 aliphatic carbocycles. The van der Waals surface area contributed by atoms with Crippen LogP contribution in [0.2, 0.25) is 0 Å². The number of ketones is 1. The summed E-state index contributed by atoms with van der Waals surface area (Å²) >= 11 is 0. The third kappa shape index (κ3) is 2.89. The van der Waals surface area contributed by atoms with E-state index in [0.29, 0.717) is 5.56 Å². The maximum absolute atomic E-state index is 11.8. The van der Waals surface area contributed by atoms with Gasteiger partial charge in [-0.3, -0.25) is 4.79 Å². The minimum atomic E-state index is -0.396. The second kappa shape index (κ2) is 5.36. The van der Waals surface area contributed by atoms with E-state index in [-0.39, 0.29) is 28.6 Å². The molecule has 2 rings (SSSR count). The van der Waals surface area contributed by atoms with Gasteiger partial charge in [-0.15, -0.1) is 0 Å². The summed E-state index contributed by atoms with van der Waals surface area (Å²) in [6.45, 7) is 0. The first-order chi connectivity index (χ1) is 9.47. The Balaban J connectivity index is 2.22. The molecule has 5 nitrogen and oxygen atoms in total. The molecule has 0 spiro atoms. The van der Waals surface area contributed by atoms with Crippen molar-refractivity contribution in [3.8, 4) is 23.0 Å². The zero-order valence-electron chi connectivity index (χ0n) is 10.3. The fourth-order valence-corrected chi connectivity index (χ4v) is 1.61. The zero-order valence-corrected chi connectivity index (χ0v) is 10.3. The molecule has 102 valence electrons. The van der Waals surface area contributed by atoms with Crippen molar-refractivity contribution in [3.63, 3.8) is 0 Å². The molecule has 0 saturated carbocycles. The summed E-state index contributed by atoms with van der Waals surface area (Å²) in [6, 6.07) is 7.75. The summed E-state index contributed by atoms with van der Waals surface area (Å²) < 4.78 is 0. The molecular weight excluding hydrogens is 260 g/mol. The molecule has 4 N–H and O–H groups in total. The van der Waals surface area contributed by atoms with E-state index in [1.54, 1.807) is 0 Å². The Bertz CT molecular complexity index is 689. The summed E-state index contributed by atoms with van der Waals surface area (Å²) in [7, 11) is 0. The molecule has 0 fully saturated rings. The van der Waals surface area contributed by atoms with Gasteiger partial charge in [-0.1, -0.05) is 0 Å². The minimum absolute atomic E-state index is 0.0746. The Morgan fingerprint density at radius 3 is 2.25 bits per heavy atom. The Kier molecular flexibility index (Phi) is 3.61. The Labute approximate surface area is 114 Å². The Hall–Kier alpha value is -2.95. The van der Waals surface area contributed by atoms with Gasteiger partial charge in [0.1, 0.15) is 11.5 Å². The van der Waals surface area contributed by atoms with Gasteiger partial charge in [0, 0.05) is 17.2 Å². The molecule has 0 aliphatic rings. The van der Waals surface area contributed by atoms with Gasteiger partial charge in [-0.2, -0.15) is 0 Å². The lowest BCUT2D eigenvalue weighted by Gasteiger charge is -2.01. The first kappa shape index (κ1) is 13.5. The third-order valence-corrected chi connectivity index (χ3v) is 2.69. The van der Waals surface area contributed by atoms with Crippen molar-refractivity contribution in [1.29, 1.82) is 0 Å². The van der Waals surface area contributed by atoms with Crippen molar-refractivity contribution in [2.75, 3.05) is 0 Å². The average molecular weight is 272 g/mol. The van der Waals surface area contributed by atoms with Gasteiger partial charge in [-0.25, -0.2) is 0 Å². The van der Waals surface area contributed by atoms with Crippen LogP contribution in [0.1, 0.15) is 15.9 Å². The fourth-order valence-electron chi connectivity index (χ4n) is 1.61. The highest BCUT2D eigenvalue weighted by Crippen LogP contribution is 2.26. The van der Waals surface area contributed by atoms with Gasteiger partial charge >= 0.3 is 0 Å². The zero-order chi connectivity index (χ0) is 14.7. The topological polar surface area (TPSA) is 98.0 Å². The van der Waals surface area contributed by atoms with E-state index >= 15 is 0 Å². The Morgan fingerprint density at radius 1 is 0.850 bits per heavy atom. The number of carbonyl (C=O) groups is 1. The average Bonchev–Trinajstić information content (AvgIpc) is 2.40. The molecule has 0 saturated heterocycles. The highest BCUT2D eigenvalue weighted by atomic mass is 16.3. The monoisotopic (exact) mass is 272 g/mol. The molecular formula is C15H12O5. The maximum Gasteiger partial charge on any atom is 0.185 e. The number of aromatic hydroxyl groups is 4. The first-order valence-electron chi connectivity index (χ1n) is 5.74. The number of phenolic OH excluding ortho intramolecular Hbond substituents is 4. The summed E-state index contributed by atoms with van der Waals surface area (Å²) in [5.74, 6) is -1.30.